The van der Waals surface area contributed by atoms with E-state index >= 15 is 0 Å². The number of aromatic nitrogens is 7. The molecule has 0 fully saturated rings. The van der Waals surface area contributed by atoms with Gasteiger partial charge in [0.25, 0.3) is 0 Å². The van der Waals surface area contributed by atoms with E-state index in [1.54, 1.807) is 36.4 Å². The van der Waals surface area contributed by atoms with Crippen LogP contribution in [0, 0.1) is 0 Å². The molecular formula is C27H14ClF6N7O. The molecule has 8 nitrogen and oxygen atoms in total. The van der Waals surface area contributed by atoms with Crippen molar-refractivity contribution in [2.24, 2.45) is 0 Å². The summed E-state index contributed by atoms with van der Waals surface area (Å²) in [5.41, 5.74) is -1.26. The van der Waals surface area contributed by atoms with E-state index < -0.39 is 30.0 Å². The van der Waals surface area contributed by atoms with Crippen molar-refractivity contribution in [1.82, 2.24) is 35.3 Å². The van der Waals surface area contributed by atoms with Gasteiger partial charge < -0.3 is 4.52 Å². The van der Waals surface area contributed by atoms with Gasteiger partial charge in [-0.15, -0.1) is 10.2 Å². The molecule has 6 rings (SSSR count). The number of pyridine rings is 1. The highest BCUT2D eigenvalue weighted by Crippen LogP contribution is 2.41. The van der Waals surface area contributed by atoms with E-state index in [0.717, 1.165) is 0 Å². The van der Waals surface area contributed by atoms with E-state index in [1.165, 1.54) is 23.3 Å². The Kier molecular flexibility index (Phi) is 6.64. The number of rotatable bonds is 5. The Morgan fingerprint density at radius 1 is 0.833 bits per heavy atom. The second kappa shape index (κ2) is 10.2. The molecule has 0 bridgehead atoms. The van der Waals surface area contributed by atoms with Crippen molar-refractivity contribution >= 4 is 22.5 Å². The lowest BCUT2D eigenvalue weighted by atomic mass is 10.0. The normalized spacial score (nSPS) is 12.3. The third kappa shape index (κ3) is 5.04. The van der Waals surface area contributed by atoms with Crippen LogP contribution in [0.3, 0.4) is 0 Å². The summed E-state index contributed by atoms with van der Waals surface area (Å²) in [4.78, 5) is 3.98. The van der Waals surface area contributed by atoms with Crippen LogP contribution in [0.25, 0.3) is 44.9 Å². The third-order valence-electron chi connectivity index (χ3n) is 6.31. The lowest BCUT2D eigenvalue weighted by Crippen LogP contribution is -2.13. The summed E-state index contributed by atoms with van der Waals surface area (Å²) in [6.45, 7) is -0.485. The first-order valence-corrected chi connectivity index (χ1v) is 12.4. The predicted molar refractivity (Wildman–Crippen MR) is 138 cm³/mol. The number of hydrogen-bond donors (Lipinski definition) is 0. The summed E-state index contributed by atoms with van der Waals surface area (Å²) < 4.78 is 87.9. The van der Waals surface area contributed by atoms with Crippen LogP contribution in [0.4, 0.5) is 26.3 Å². The molecular weight excluding hydrogens is 588 g/mol. The van der Waals surface area contributed by atoms with Gasteiger partial charge in [-0.1, -0.05) is 40.2 Å². The van der Waals surface area contributed by atoms with Gasteiger partial charge in [0, 0.05) is 23.5 Å². The summed E-state index contributed by atoms with van der Waals surface area (Å²) in [5, 5.41) is 21.3. The highest BCUT2D eigenvalue weighted by Gasteiger charge is 2.37. The molecule has 0 saturated carbocycles. The number of nitrogens with zero attached hydrogens (tertiary/aromatic N) is 7. The van der Waals surface area contributed by atoms with Gasteiger partial charge in [0.2, 0.25) is 0 Å². The van der Waals surface area contributed by atoms with Crippen LogP contribution >= 0.6 is 11.6 Å². The van der Waals surface area contributed by atoms with E-state index in [2.05, 4.69) is 30.7 Å². The maximum atomic E-state index is 13.5. The Morgan fingerprint density at radius 2 is 1.52 bits per heavy atom. The fraction of sp³-hybridized carbons (Fsp3) is 0.111. The molecule has 0 N–H and O–H groups in total. The molecule has 2 aromatic carbocycles. The minimum absolute atomic E-state index is 0.0674. The largest absolute Gasteiger partial charge is 0.416 e. The van der Waals surface area contributed by atoms with Crippen LogP contribution in [0.5, 0.6) is 0 Å². The molecule has 0 aliphatic heterocycles. The fourth-order valence-electron chi connectivity index (χ4n) is 4.47. The monoisotopic (exact) mass is 601 g/mol. The van der Waals surface area contributed by atoms with Crippen molar-refractivity contribution in [3.8, 4) is 34.0 Å². The summed E-state index contributed by atoms with van der Waals surface area (Å²) in [6.07, 6.45) is -5.73. The minimum atomic E-state index is -5.01. The van der Waals surface area contributed by atoms with E-state index in [0.29, 0.717) is 44.9 Å². The van der Waals surface area contributed by atoms with Gasteiger partial charge in [-0.2, -0.15) is 31.4 Å². The van der Waals surface area contributed by atoms with Crippen LogP contribution in [0.1, 0.15) is 16.7 Å². The second-order valence-corrected chi connectivity index (χ2v) is 9.45. The quantitative estimate of drug-likeness (QED) is 0.191. The van der Waals surface area contributed by atoms with Crippen molar-refractivity contribution in [2.75, 3.05) is 0 Å². The molecule has 0 amide bonds. The maximum Gasteiger partial charge on any atom is 0.416 e. The highest BCUT2D eigenvalue weighted by atomic mass is 35.5. The molecule has 4 aromatic heterocycles. The van der Waals surface area contributed by atoms with Gasteiger partial charge in [0.15, 0.2) is 11.5 Å². The average molecular weight is 602 g/mol. The fourth-order valence-corrected chi connectivity index (χ4v) is 4.70. The minimum Gasteiger partial charge on any atom is -0.353 e. The number of halogens is 7. The van der Waals surface area contributed by atoms with Gasteiger partial charge >= 0.3 is 12.4 Å². The number of fused-ring (bicyclic) bond motifs is 1. The van der Waals surface area contributed by atoms with Gasteiger partial charge in [-0.3, -0.25) is 4.98 Å². The molecule has 0 saturated heterocycles. The van der Waals surface area contributed by atoms with E-state index in [9.17, 15) is 26.3 Å². The van der Waals surface area contributed by atoms with Gasteiger partial charge in [-0.25, -0.2) is 4.68 Å². The lowest BCUT2D eigenvalue weighted by Gasteiger charge is -2.15. The van der Waals surface area contributed by atoms with Crippen molar-refractivity contribution in [2.45, 2.75) is 18.9 Å². The molecule has 42 heavy (non-hydrogen) atoms. The Balaban J connectivity index is 1.55. The lowest BCUT2D eigenvalue weighted by molar-refractivity contribution is -0.143. The molecule has 0 radical (unpaired) electrons. The SMILES string of the molecule is FC(F)(F)c1cc(Cn2nnc(-c3onc4cnnc(-c5ccccc5Cl)c34)c2-c2ccncc2)cc(C(F)(F)F)c1. The zero-order valence-corrected chi connectivity index (χ0v) is 21.6. The van der Waals surface area contributed by atoms with Crippen LogP contribution in [-0.2, 0) is 18.9 Å². The zero-order chi connectivity index (χ0) is 29.6. The van der Waals surface area contributed by atoms with E-state index in [1.807, 2.05) is 0 Å². The van der Waals surface area contributed by atoms with Crippen LogP contribution in [-0.4, -0.2) is 35.3 Å². The molecule has 0 aliphatic rings. The maximum absolute atomic E-state index is 13.5. The molecule has 0 unspecified atom stereocenters. The third-order valence-corrected chi connectivity index (χ3v) is 6.64. The number of alkyl halides is 6. The molecule has 212 valence electrons. The Labute approximate surface area is 236 Å². The van der Waals surface area contributed by atoms with Crippen LogP contribution < -0.4 is 0 Å². The van der Waals surface area contributed by atoms with Gasteiger partial charge in [0.05, 0.1) is 34.3 Å². The van der Waals surface area contributed by atoms with Crippen molar-refractivity contribution in [3.05, 3.63) is 94.9 Å². The van der Waals surface area contributed by atoms with Crippen LogP contribution in [0.2, 0.25) is 5.02 Å². The molecule has 6 aromatic rings. The molecule has 0 aliphatic carbocycles. The van der Waals surface area contributed by atoms with Crippen molar-refractivity contribution in [3.63, 3.8) is 0 Å². The van der Waals surface area contributed by atoms with Gasteiger partial charge in [0.1, 0.15) is 16.9 Å². The predicted octanol–water partition coefficient (Wildman–Crippen LogP) is 7.34. The standard InChI is InChI=1S/C27H14ClF6N7O/c28-19-4-2-1-3-18(19)22-21-20(12-36-37-22)39-42-25(21)23-24(15-5-7-35-8-6-15)41(40-38-23)13-14-9-16(26(29,30)31)11-17(10-14)27(32,33)34/h1-12H,13H2. The topological polar surface area (TPSA) is 95.4 Å². The smallest absolute Gasteiger partial charge is 0.353 e. The van der Waals surface area contributed by atoms with Crippen LogP contribution in [0.15, 0.2) is 77.7 Å². The molecule has 15 heteroatoms. The average Bonchev–Trinajstić information content (AvgIpc) is 3.57. The Morgan fingerprint density at radius 3 is 2.19 bits per heavy atom. The molecule has 0 spiro atoms. The Hall–Kier alpha value is -4.85. The van der Waals surface area contributed by atoms with E-state index in [4.69, 9.17) is 16.1 Å². The van der Waals surface area contributed by atoms with Gasteiger partial charge in [-0.05, 0) is 42.0 Å². The zero-order valence-electron chi connectivity index (χ0n) is 20.8. The second-order valence-electron chi connectivity index (χ2n) is 9.04. The summed E-state index contributed by atoms with van der Waals surface area (Å²) in [7, 11) is 0. The number of hydrogen-bond acceptors (Lipinski definition) is 7. The summed E-state index contributed by atoms with van der Waals surface area (Å²) in [6, 6.07) is 11.4. The first-order valence-electron chi connectivity index (χ1n) is 12.0. The summed E-state index contributed by atoms with van der Waals surface area (Å²) in [5.74, 6) is 0.0907. The number of benzene rings is 2. The first kappa shape index (κ1) is 27.3. The molecule has 0 atom stereocenters. The summed E-state index contributed by atoms with van der Waals surface area (Å²) >= 11 is 6.42. The molecule has 4 heterocycles. The highest BCUT2D eigenvalue weighted by molar-refractivity contribution is 6.33. The first-order chi connectivity index (χ1) is 20.0. The Bertz CT molecular complexity index is 1890. The van der Waals surface area contributed by atoms with Crippen molar-refractivity contribution < 1.29 is 30.9 Å². The van der Waals surface area contributed by atoms with E-state index in [-0.39, 0.29) is 28.8 Å². The van der Waals surface area contributed by atoms with Crippen molar-refractivity contribution in [1.29, 1.82) is 0 Å².